The Kier molecular flexibility index (Phi) is 7.79. The van der Waals surface area contributed by atoms with Crippen molar-refractivity contribution in [2.75, 3.05) is 30.8 Å². The molecule has 2 N–H and O–H groups in total. The van der Waals surface area contributed by atoms with Crippen molar-refractivity contribution in [2.45, 2.75) is 31.9 Å². The monoisotopic (exact) mass is 546 g/mol. The van der Waals surface area contributed by atoms with E-state index >= 15 is 0 Å². The van der Waals surface area contributed by atoms with Gasteiger partial charge in [-0.25, -0.2) is 9.97 Å². The van der Waals surface area contributed by atoms with E-state index in [0.29, 0.717) is 28.6 Å². The van der Waals surface area contributed by atoms with Gasteiger partial charge < -0.3 is 15.5 Å². The minimum Gasteiger partial charge on any atom is -0.324 e. The summed E-state index contributed by atoms with van der Waals surface area (Å²) in [5, 5.41) is 5.93. The van der Waals surface area contributed by atoms with E-state index in [0.717, 1.165) is 43.1 Å². The maximum Gasteiger partial charge on any atom is 0.416 e. The number of nitrogens with one attached hydrogen (secondary N) is 2. The van der Waals surface area contributed by atoms with E-state index < -0.39 is 17.6 Å². The van der Waals surface area contributed by atoms with Gasteiger partial charge in [0.05, 0.1) is 11.3 Å². The van der Waals surface area contributed by atoms with Crippen LogP contribution in [-0.2, 0) is 6.18 Å². The van der Waals surface area contributed by atoms with Gasteiger partial charge in [-0.05, 0) is 105 Å². The molecule has 40 heavy (non-hydrogen) atoms. The Morgan fingerprint density at radius 1 is 1.02 bits per heavy atom. The Morgan fingerprint density at radius 3 is 2.55 bits per heavy atom. The molecule has 1 aliphatic rings. The van der Waals surface area contributed by atoms with Crippen molar-refractivity contribution in [3.63, 3.8) is 0 Å². The molecular weight excluding hydrogens is 517 g/mol. The third-order valence-corrected chi connectivity index (χ3v) is 7.09. The van der Waals surface area contributed by atoms with Gasteiger partial charge in [0.1, 0.15) is 0 Å². The highest BCUT2D eigenvalue weighted by Gasteiger charge is 2.33. The van der Waals surface area contributed by atoms with Crippen LogP contribution in [0.5, 0.6) is 0 Å². The van der Waals surface area contributed by atoms with Crippen molar-refractivity contribution >= 4 is 23.2 Å². The van der Waals surface area contributed by atoms with Crippen LogP contribution < -0.4 is 10.6 Å². The molecule has 0 radical (unpaired) electrons. The molecule has 1 aliphatic heterocycles. The summed E-state index contributed by atoms with van der Waals surface area (Å²) < 4.78 is 41.2. The standard InChI is InChI=1S/C30H29F3N6O/c1-19-5-6-25(17-27(19)38-29-35-11-7-26(37-29)21-4-3-10-34-18-21)36-28(40)23-14-22(15-24(16-23)30(31,32)33)20-8-12-39(2)13-9-20/h3-7,10-11,14-18,20H,8-9,12-13H2,1-2H3,(H,36,40)(H,35,37,38). The Hall–Kier alpha value is -4.31. The molecule has 1 amide bonds. The van der Waals surface area contributed by atoms with Gasteiger partial charge >= 0.3 is 6.18 Å². The molecule has 0 spiro atoms. The molecule has 0 atom stereocenters. The number of aryl methyl sites for hydroxylation is 1. The highest BCUT2D eigenvalue weighted by molar-refractivity contribution is 6.04. The lowest BCUT2D eigenvalue weighted by atomic mass is 9.87. The summed E-state index contributed by atoms with van der Waals surface area (Å²) in [5.74, 6) is -0.277. The molecule has 0 unspecified atom stereocenters. The smallest absolute Gasteiger partial charge is 0.324 e. The molecule has 10 heteroatoms. The number of alkyl halides is 3. The van der Waals surface area contributed by atoms with E-state index in [1.54, 1.807) is 48.9 Å². The van der Waals surface area contributed by atoms with Crippen LogP contribution in [0.3, 0.4) is 0 Å². The average molecular weight is 547 g/mol. The molecule has 7 nitrogen and oxygen atoms in total. The zero-order chi connectivity index (χ0) is 28.3. The molecule has 0 bridgehead atoms. The molecule has 2 aromatic heterocycles. The van der Waals surface area contributed by atoms with E-state index in [1.807, 2.05) is 26.1 Å². The lowest BCUT2D eigenvalue weighted by Crippen LogP contribution is -2.29. The molecule has 3 heterocycles. The first-order chi connectivity index (χ1) is 19.2. The van der Waals surface area contributed by atoms with Crippen LogP contribution in [0.1, 0.15) is 45.8 Å². The number of aromatic nitrogens is 3. The van der Waals surface area contributed by atoms with Gasteiger partial charge in [-0.1, -0.05) is 6.07 Å². The number of benzene rings is 2. The summed E-state index contributed by atoms with van der Waals surface area (Å²) in [6.07, 6.45) is 1.96. The third-order valence-electron chi connectivity index (χ3n) is 7.09. The Morgan fingerprint density at radius 2 is 1.82 bits per heavy atom. The van der Waals surface area contributed by atoms with Gasteiger partial charge in [-0.3, -0.25) is 9.78 Å². The average Bonchev–Trinajstić information content (AvgIpc) is 2.95. The largest absolute Gasteiger partial charge is 0.416 e. The van der Waals surface area contributed by atoms with Crippen molar-refractivity contribution in [1.29, 1.82) is 0 Å². The van der Waals surface area contributed by atoms with Crippen LogP contribution in [0, 0.1) is 6.92 Å². The SMILES string of the molecule is Cc1ccc(NC(=O)c2cc(C3CCN(C)CC3)cc(C(F)(F)F)c2)cc1Nc1nccc(-c2cccnc2)n1. The van der Waals surface area contributed by atoms with Crippen molar-refractivity contribution in [3.8, 4) is 11.3 Å². The number of halogens is 3. The molecule has 0 aliphatic carbocycles. The number of hydrogen-bond acceptors (Lipinski definition) is 6. The van der Waals surface area contributed by atoms with E-state index in [9.17, 15) is 18.0 Å². The number of carbonyl (C=O) groups excluding carboxylic acids is 1. The predicted octanol–water partition coefficient (Wildman–Crippen LogP) is 6.67. The number of amides is 1. The molecule has 4 aromatic rings. The van der Waals surface area contributed by atoms with Crippen molar-refractivity contribution in [2.24, 2.45) is 0 Å². The van der Waals surface area contributed by atoms with E-state index in [1.165, 1.54) is 6.07 Å². The fourth-order valence-electron chi connectivity index (χ4n) is 4.78. The topological polar surface area (TPSA) is 83.0 Å². The fourth-order valence-corrected chi connectivity index (χ4v) is 4.78. The third kappa shape index (κ3) is 6.45. The van der Waals surface area contributed by atoms with E-state index in [4.69, 9.17) is 0 Å². The van der Waals surface area contributed by atoms with Crippen LogP contribution >= 0.6 is 0 Å². The van der Waals surface area contributed by atoms with Crippen molar-refractivity contribution in [1.82, 2.24) is 19.9 Å². The fraction of sp³-hybridized carbons (Fsp3) is 0.267. The van der Waals surface area contributed by atoms with Crippen LogP contribution in [-0.4, -0.2) is 45.9 Å². The van der Waals surface area contributed by atoms with Crippen LogP contribution in [0.25, 0.3) is 11.3 Å². The van der Waals surface area contributed by atoms with Gasteiger partial charge in [0.25, 0.3) is 5.91 Å². The molecular formula is C30H29F3N6O. The Labute approximate surface area is 230 Å². The van der Waals surface area contributed by atoms with Crippen molar-refractivity contribution in [3.05, 3.63) is 95.4 Å². The first kappa shape index (κ1) is 27.3. The molecule has 0 saturated carbocycles. The minimum absolute atomic E-state index is 0.0219. The number of pyridine rings is 1. The summed E-state index contributed by atoms with van der Waals surface area (Å²) >= 11 is 0. The first-order valence-corrected chi connectivity index (χ1v) is 13.0. The second kappa shape index (κ2) is 11.4. The summed E-state index contributed by atoms with van der Waals surface area (Å²) in [5.41, 5.74) is 3.19. The van der Waals surface area contributed by atoms with E-state index in [-0.39, 0.29) is 11.5 Å². The molecule has 2 aromatic carbocycles. The van der Waals surface area contributed by atoms with Crippen LogP contribution in [0.15, 0.2) is 73.2 Å². The lowest BCUT2D eigenvalue weighted by Gasteiger charge is -2.29. The number of anilines is 3. The second-order valence-corrected chi connectivity index (χ2v) is 10.0. The molecule has 1 saturated heterocycles. The zero-order valence-corrected chi connectivity index (χ0v) is 22.2. The maximum atomic E-state index is 13.7. The predicted molar refractivity (Wildman–Crippen MR) is 149 cm³/mol. The summed E-state index contributed by atoms with van der Waals surface area (Å²) in [6.45, 7) is 3.49. The van der Waals surface area contributed by atoms with Gasteiger partial charge in [0.15, 0.2) is 0 Å². The van der Waals surface area contributed by atoms with Gasteiger partial charge in [0, 0.05) is 41.1 Å². The highest BCUT2D eigenvalue weighted by atomic mass is 19.4. The highest BCUT2D eigenvalue weighted by Crippen LogP contribution is 2.35. The number of hydrogen-bond donors (Lipinski definition) is 2. The number of piperidine rings is 1. The maximum absolute atomic E-state index is 13.7. The molecule has 1 fully saturated rings. The van der Waals surface area contributed by atoms with Gasteiger partial charge in [-0.2, -0.15) is 13.2 Å². The normalized spacial score (nSPS) is 14.6. The lowest BCUT2D eigenvalue weighted by molar-refractivity contribution is -0.137. The molecule has 206 valence electrons. The Balaban J connectivity index is 1.37. The van der Waals surface area contributed by atoms with Gasteiger partial charge in [-0.15, -0.1) is 0 Å². The summed E-state index contributed by atoms with van der Waals surface area (Å²) in [4.78, 5) is 28.3. The van der Waals surface area contributed by atoms with Crippen LogP contribution in [0.4, 0.5) is 30.5 Å². The first-order valence-electron chi connectivity index (χ1n) is 13.0. The van der Waals surface area contributed by atoms with Crippen LogP contribution in [0.2, 0.25) is 0 Å². The number of carbonyl (C=O) groups is 1. The summed E-state index contributed by atoms with van der Waals surface area (Å²) in [6, 6.07) is 14.4. The van der Waals surface area contributed by atoms with E-state index in [2.05, 4.69) is 30.5 Å². The Bertz CT molecular complexity index is 1500. The number of rotatable bonds is 6. The number of likely N-dealkylation sites (tertiary alicyclic amines) is 1. The second-order valence-electron chi connectivity index (χ2n) is 10.0. The number of nitrogens with zero attached hydrogens (tertiary/aromatic N) is 4. The summed E-state index contributed by atoms with van der Waals surface area (Å²) in [7, 11) is 2.00. The quantitative estimate of drug-likeness (QED) is 0.281. The molecule has 5 rings (SSSR count). The zero-order valence-electron chi connectivity index (χ0n) is 22.2. The minimum atomic E-state index is -4.55. The van der Waals surface area contributed by atoms with Gasteiger partial charge in [0.2, 0.25) is 5.95 Å². The van der Waals surface area contributed by atoms with Crippen molar-refractivity contribution < 1.29 is 18.0 Å².